The van der Waals surface area contributed by atoms with Crippen molar-refractivity contribution >= 4 is 21.6 Å². The van der Waals surface area contributed by atoms with Gasteiger partial charge in [-0.15, -0.1) is 0 Å². The molecule has 180 valence electrons. The monoisotopic (exact) mass is 494 g/mol. The molecule has 0 unspecified atom stereocenters. The SMILES string of the molecule is Cc1nc(-c2ccccc2NC(=O)C2CCN(S(=O)(=O)c3ccccc3C(F)(F)F)CC2)no1. The number of piperidine rings is 1. The maximum Gasteiger partial charge on any atom is 0.417 e. The minimum atomic E-state index is -4.80. The van der Waals surface area contributed by atoms with Crippen LogP contribution in [0.3, 0.4) is 0 Å². The van der Waals surface area contributed by atoms with E-state index in [1.807, 2.05) is 0 Å². The molecule has 1 amide bonds. The average Bonchev–Trinajstić information content (AvgIpc) is 3.25. The van der Waals surface area contributed by atoms with Gasteiger partial charge < -0.3 is 9.84 Å². The maximum absolute atomic E-state index is 13.3. The van der Waals surface area contributed by atoms with Gasteiger partial charge >= 0.3 is 6.18 Å². The number of aryl methyl sites for hydroxylation is 1. The number of hydrogen-bond acceptors (Lipinski definition) is 6. The molecule has 4 rings (SSSR count). The van der Waals surface area contributed by atoms with Crippen molar-refractivity contribution in [2.75, 3.05) is 18.4 Å². The van der Waals surface area contributed by atoms with Gasteiger partial charge in [0.1, 0.15) is 0 Å². The molecule has 1 fully saturated rings. The van der Waals surface area contributed by atoms with Crippen LogP contribution < -0.4 is 5.32 Å². The summed E-state index contributed by atoms with van der Waals surface area (Å²) in [4.78, 5) is 16.3. The van der Waals surface area contributed by atoms with Crippen LogP contribution in [0.5, 0.6) is 0 Å². The van der Waals surface area contributed by atoms with Gasteiger partial charge in [0.15, 0.2) is 0 Å². The Labute approximate surface area is 193 Å². The van der Waals surface area contributed by atoms with Crippen LogP contribution >= 0.6 is 0 Å². The van der Waals surface area contributed by atoms with Gasteiger partial charge in [-0.1, -0.05) is 29.4 Å². The van der Waals surface area contributed by atoms with Gasteiger partial charge in [0.05, 0.1) is 16.1 Å². The lowest BCUT2D eigenvalue weighted by atomic mass is 9.97. The van der Waals surface area contributed by atoms with E-state index in [0.717, 1.165) is 22.5 Å². The lowest BCUT2D eigenvalue weighted by Crippen LogP contribution is -2.41. The van der Waals surface area contributed by atoms with Gasteiger partial charge in [0, 0.05) is 31.5 Å². The fourth-order valence-corrected chi connectivity index (χ4v) is 5.54. The molecule has 1 N–H and O–H groups in total. The molecule has 0 bridgehead atoms. The van der Waals surface area contributed by atoms with E-state index in [9.17, 15) is 26.4 Å². The number of alkyl halides is 3. The van der Waals surface area contributed by atoms with Crippen molar-refractivity contribution in [2.24, 2.45) is 5.92 Å². The minimum Gasteiger partial charge on any atom is -0.339 e. The number of aromatic nitrogens is 2. The molecule has 0 aliphatic carbocycles. The van der Waals surface area contributed by atoms with E-state index in [1.54, 1.807) is 31.2 Å². The number of amides is 1. The molecule has 0 radical (unpaired) electrons. The number of anilines is 1. The van der Waals surface area contributed by atoms with E-state index in [1.165, 1.54) is 6.07 Å². The van der Waals surface area contributed by atoms with Crippen molar-refractivity contribution in [2.45, 2.75) is 30.8 Å². The minimum absolute atomic E-state index is 0.0711. The summed E-state index contributed by atoms with van der Waals surface area (Å²) in [6, 6.07) is 11.0. The highest BCUT2D eigenvalue weighted by Crippen LogP contribution is 2.36. The van der Waals surface area contributed by atoms with Crippen LogP contribution in [0, 0.1) is 12.8 Å². The van der Waals surface area contributed by atoms with Gasteiger partial charge in [-0.25, -0.2) is 8.42 Å². The average molecular weight is 494 g/mol. The molecule has 1 aliphatic heterocycles. The summed E-state index contributed by atoms with van der Waals surface area (Å²) < 4.78 is 71.8. The Morgan fingerprint density at radius 2 is 1.74 bits per heavy atom. The lowest BCUT2D eigenvalue weighted by Gasteiger charge is -2.31. The Bertz CT molecular complexity index is 1300. The van der Waals surface area contributed by atoms with E-state index in [-0.39, 0.29) is 31.8 Å². The molecule has 0 saturated carbocycles. The number of benzene rings is 2. The Morgan fingerprint density at radius 3 is 2.38 bits per heavy atom. The largest absolute Gasteiger partial charge is 0.417 e. The third-order valence-corrected chi connectivity index (χ3v) is 7.55. The van der Waals surface area contributed by atoms with Crippen LogP contribution in [-0.2, 0) is 21.0 Å². The zero-order valence-corrected chi connectivity index (χ0v) is 18.9. The number of nitrogens with one attached hydrogen (secondary N) is 1. The van der Waals surface area contributed by atoms with E-state index in [2.05, 4.69) is 15.5 Å². The first-order valence-corrected chi connectivity index (χ1v) is 11.9. The van der Waals surface area contributed by atoms with Crippen molar-refractivity contribution in [3.05, 3.63) is 60.0 Å². The molecular formula is C22H21F3N4O4S. The molecule has 0 atom stereocenters. The summed E-state index contributed by atoms with van der Waals surface area (Å²) in [5.41, 5.74) is -0.165. The Balaban J connectivity index is 1.46. The summed E-state index contributed by atoms with van der Waals surface area (Å²) in [7, 11) is -4.37. The van der Waals surface area contributed by atoms with Gasteiger partial charge in [-0.3, -0.25) is 4.79 Å². The first-order valence-electron chi connectivity index (χ1n) is 10.4. The molecule has 8 nitrogen and oxygen atoms in total. The molecule has 0 spiro atoms. The van der Waals surface area contributed by atoms with Gasteiger partial charge in [-0.2, -0.15) is 22.5 Å². The lowest BCUT2D eigenvalue weighted by molar-refractivity contribution is -0.139. The number of nitrogens with zero attached hydrogens (tertiary/aromatic N) is 3. The fraction of sp³-hybridized carbons (Fsp3) is 0.318. The van der Waals surface area contributed by atoms with Crippen LogP contribution in [0.15, 0.2) is 57.9 Å². The van der Waals surface area contributed by atoms with Crippen LogP contribution in [0.25, 0.3) is 11.4 Å². The van der Waals surface area contributed by atoms with Gasteiger partial charge in [-0.05, 0) is 37.1 Å². The molecule has 1 saturated heterocycles. The van der Waals surface area contributed by atoms with Crippen molar-refractivity contribution in [1.82, 2.24) is 14.4 Å². The Hall–Kier alpha value is -3.25. The number of para-hydroxylation sites is 1. The van der Waals surface area contributed by atoms with E-state index < -0.39 is 32.6 Å². The number of halogens is 3. The highest BCUT2D eigenvalue weighted by atomic mass is 32.2. The van der Waals surface area contributed by atoms with Crippen LogP contribution in [0.1, 0.15) is 24.3 Å². The summed E-state index contributed by atoms with van der Waals surface area (Å²) in [5, 5.41) is 6.69. The summed E-state index contributed by atoms with van der Waals surface area (Å²) >= 11 is 0. The second kappa shape index (κ2) is 9.18. The summed E-state index contributed by atoms with van der Waals surface area (Å²) in [5.74, 6) is -0.140. The van der Waals surface area contributed by atoms with Crippen LogP contribution in [0.2, 0.25) is 0 Å². The highest BCUT2D eigenvalue weighted by molar-refractivity contribution is 7.89. The molecule has 12 heteroatoms. The number of rotatable bonds is 5. The van der Waals surface area contributed by atoms with Gasteiger partial charge in [0.25, 0.3) is 0 Å². The normalized spacial score (nSPS) is 15.9. The molecule has 34 heavy (non-hydrogen) atoms. The van der Waals surface area contributed by atoms with Crippen molar-refractivity contribution in [3.8, 4) is 11.4 Å². The van der Waals surface area contributed by atoms with Crippen molar-refractivity contribution in [1.29, 1.82) is 0 Å². The molecule has 1 aromatic heterocycles. The third-order valence-electron chi connectivity index (χ3n) is 5.59. The number of hydrogen-bond donors (Lipinski definition) is 1. The molecule has 2 aromatic carbocycles. The molecule has 3 aromatic rings. The molecular weight excluding hydrogens is 473 g/mol. The van der Waals surface area contributed by atoms with Gasteiger partial charge in [0.2, 0.25) is 27.6 Å². The van der Waals surface area contributed by atoms with Crippen LogP contribution in [0.4, 0.5) is 18.9 Å². The summed E-state index contributed by atoms with van der Waals surface area (Å²) in [6.45, 7) is 1.50. The molecule has 2 heterocycles. The number of carbonyl (C=O) groups is 1. The van der Waals surface area contributed by atoms with Crippen molar-refractivity contribution < 1.29 is 30.9 Å². The van der Waals surface area contributed by atoms with E-state index in [4.69, 9.17) is 4.52 Å². The predicted octanol–water partition coefficient (Wildman–Crippen LogP) is 4.10. The smallest absolute Gasteiger partial charge is 0.339 e. The number of sulfonamides is 1. The standard InChI is InChI=1S/C22H21F3N4O4S/c1-14-26-20(28-33-14)16-6-2-4-8-18(16)27-21(30)15-10-12-29(13-11-15)34(31,32)19-9-5-3-7-17(19)22(23,24)25/h2-9,15H,10-13H2,1H3,(H,27,30). The van der Waals surface area contributed by atoms with E-state index in [0.29, 0.717) is 23.0 Å². The molecule has 1 aliphatic rings. The Morgan fingerprint density at radius 1 is 1.09 bits per heavy atom. The van der Waals surface area contributed by atoms with Crippen molar-refractivity contribution in [3.63, 3.8) is 0 Å². The second-order valence-corrected chi connectivity index (χ2v) is 9.75. The summed E-state index contributed by atoms with van der Waals surface area (Å²) in [6.07, 6.45) is -4.46. The second-order valence-electron chi connectivity index (χ2n) is 7.84. The predicted molar refractivity (Wildman–Crippen MR) is 116 cm³/mol. The first-order chi connectivity index (χ1) is 16.1. The third kappa shape index (κ3) is 4.82. The first kappa shape index (κ1) is 23.9. The zero-order valence-electron chi connectivity index (χ0n) is 18.0. The topological polar surface area (TPSA) is 105 Å². The zero-order chi connectivity index (χ0) is 24.5. The Kier molecular flexibility index (Phi) is 6.45. The number of carbonyl (C=O) groups excluding carboxylic acids is 1. The fourth-order valence-electron chi connectivity index (χ4n) is 3.85. The van der Waals surface area contributed by atoms with E-state index >= 15 is 0 Å². The maximum atomic E-state index is 13.3. The van der Waals surface area contributed by atoms with Crippen LogP contribution in [-0.4, -0.2) is 41.9 Å². The highest BCUT2D eigenvalue weighted by Gasteiger charge is 2.40. The quantitative estimate of drug-likeness (QED) is 0.573.